The SMILES string of the molecule is C[C@@H]1CO[C@]2(O[C@H]3C[C@@H]4[C@@H]5CC=C6C[C@@H](O[C@@H]7O[C@H](CO)[C@@H](O)[C@H](O[C@@H]8O[C@@H](C)[C@H](O)[C@@H](O)[C@H]8O)[C@H]7O[C@@H]7O[C@@H](C)[C@H](O)[C@@H](O)[C@H]7O)CC[C@]6(C)[C@H]5CC[C@]4(C)[C@H]3[C@@H]2C)[C@@H](O)[C@@H]1O. The van der Waals surface area contributed by atoms with Crippen LogP contribution in [0.2, 0.25) is 0 Å². The van der Waals surface area contributed by atoms with Crippen LogP contribution in [0, 0.1) is 46.3 Å². The third-order valence-corrected chi connectivity index (χ3v) is 17.9. The highest BCUT2D eigenvalue weighted by atomic mass is 16.8. The molecule has 9 rings (SSSR count). The fourth-order valence-corrected chi connectivity index (χ4v) is 14.1. The Hall–Kier alpha value is -0.980. The number of allylic oxidation sites excluding steroid dienone is 1. The number of fused-ring (bicyclic) bond motifs is 7. The minimum Gasteiger partial charge on any atom is -0.394 e. The molecule has 63 heavy (non-hydrogen) atoms. The van der Waals surface area contributed by atoms with E-state index in [2.05, 4.69) is 26.8 Å². The first-order chi connectivity index (χ1) is 29.7. The van der Waals surface area contributed by atoms with Crippen LogP contribution in [0.4, 0.5) is 0 Å². The molecule has 360 valence electrons. The topological polar surface area (TPSA) is 276 Å². The first-order valence-corrected chi connectivity index (χ1v) is 23.4. The number of hydrogen-bond acceptors (Lipinski definition) is 18. The number of aliphatic hydroxyl groups excluding tert-OH is 10. The van der Waals surface area contributed by atoms with E-state index < -0.39 is 123 Å². The van der Waals surface area contributed by atoms with Gasteiger partial charge in [-0.05, 0) is 93.3 Å². The Morgan fingerprint density at radius 3 is 1.95 bits per heavy atom. The molecular formula is C45H72O18. The minimum atomic E-state index is -1.75. The van der Waals surface area contributed by atoms with Crippen molar-refractivity contribution >= 4 is 0 Å². The Balaban J connectivity index is 0.938. The van der Waals surface area contributed by atoms with Crippen molar-refractivity contribution in [3.63, 3.8) is 0 Å². The van der Waals surface area contributed by atoms with E-state index in [1.54, 1.807) is 0 Å². The number of aliphatic hydroxyl groups is 10. The van der Waals surface area contributed by atoms with Gasteiger partial charge in [-0.15, -0.1) is 0 Å². The van der Waals surface area contributed by atoms with Crippen molar-refractivity contribution in [1.82, 2.24) is 0 Å². The van der Waals surface area contributed by atoms with E-state index in [1.165, 1.54) is 19.4 Å². The van der Waals surface area contributed by atoms with E-state index in [4.69, 9.17) is 37.9 Å². The van der Waals surface area contributed by atoms with Gasteiger partial charge in [-0.25, -0.2) is 0 Å². The van der Waals surface area contributed by atoms with Crippen molar-refractivity contribution in [2.24, 2.45) is 46.3 Å². The number of rotatable bonds is 7. The maximum atomic E-state index is 11.6. The lowest BCUT2D eigenvalue weighted by atomic mass is 9.47. The first-order valence-electron chi connectivity index (χ1n) is 23.4. The molecule has 4 aliphatic carbocycles. The smallest absolute Gasteiger partial charge is 0.200 e. The van der Waals surface area contributed by atoms with Crippen molar-refractivity contribution in [3.8, 4) is 0 Å². The zero-order valence-corrected chi connectivity index (χ0v) is 37.1. The van der Waals surface area contributed by atoms with Crippen LogP contribution in [0.15, 0.2) is 11.6 Å². The molecule has 0 amide bonds. The zero-order chi connectivity index (χ0) is 45.2. The van der Waals surface area contributed by atoms with Gasteiger partial charge in [-0.2, -0.15) is 0 Å². The van der Waals surface area contributed by atoms with Crippen LogP contribution >= 0.6 is 0 Å². The highest BCUT2D eigenvalue weighted by Crippen LogP contribution is 2.70. The molecule has 9 aliphatic rings. The molecule has 3 saturated carbocycles. The highest BCUT2D eigenvalue weighted by Gasteiger charge is 2.71. The maximum Gasteiger partial charge on any atom is 0.200 e. The summed E-state index contributed by atoms with van der Waals surface area (Å²) in [5, 5.41) is 108. The van der Waals surface area contributed by atoms with Gasteiger partial charge < -0.3 is 89.0 Å². The molecule has 0 aromatic rings. The first kappa shape index (κ1) is 47.1. The molecule has 5 saturated heterocycles. The second-order valence-corrected chi connectivity index (χ2v) is 21.2. The summed E-state index contributed by atoms with van der Waals surface area (Å²) in [4.78, 5) is 0. The molecule has 0 aromatic heterocycles. The fraction of sp³-hybridized carbons (Fsp3) is 0.956. The lowest BCUT2D eigenvalue weighted by Crippen LogP contribution is -2.67. The normalized spacial score (nSPS) is 59.3. The Bertz CT molecular complexity index is 1670. The van der Waals surface area contributed by atoms with Crippen LogP contribution in [0.3, 0.4) is 0 Å². The molecule has 1 spiro atoms. The van der Waals surface area contributed by atoms with E-state index in [0.717, 1.165) is 32.1 Å². The lowest BCUT2D eigenvalue weighted by Gasteiger charge is -2.59. The average Bonchev–Trinajstić information content (AvgIpc) is 3.72. The fourth-order valence-electron chi connectivity index (χ4n) is 14.1. The van der Waals surface area contributed by atoms with Crippen molar-refractivity contribution in [2.75, 3.05) is 13.2 Å². The van der Waals surface area contributed by atoms with Gasteiger partial charge in [0.25, 0.3) is 0 Å². The Kier molecular flexibility index (Phi) is 12.9. The van der Waals surface area contributed by atoms with Crippen molar-refractivity contribution in [2.45, 2.75) is 209 Å². The largest absolute Gasteiger partial charge is 0.394 e. The van der Waals surface area contributed by atoms with Gasteiger partial charge in [0.05, 0.1) is 43.7 Å². The lowest BCUT2D eigenvalue weighted by molar-refractivity contribution is -0.393. The Labute approximate surface area is 368 Å². The average molecular weight is 901 g/mol. The predicted octanol–water partition coefficient (Wildman–Crippen LogP) is -0.817. The van der Waals surface area contributed by atoms with Gasteiger partial charge in [0, 0.05) is 11.8 Å². The number of ether oxygens (including phenoxy) is 8. The van der Waals surface area contributed by atoms with Crippen molar-refractivity contribution < 1.29 is 89.0 Å². The molecule has 28 atom stereocenters. The standard InChI is InChI=1S/C45H72O18/c1-17-16-56-45(39(55)29(17)47)18(2)28-26(63-45)14-25-23-8-7-21-13-22(9-11-43(21,5)24(23)10-12-44(25,28)6)59-42-38(62-41-36(54)34(52)31(49)20(4)58-41)37(32(50)27(15-46)60-42)61-40-35(53)33(51)30(48)19(3)57-40/h7,17-20,22-42,46-55H,8-16H2,1-6H3/t17-,18+,19+,20+,22+,23-,24+,25-,26+,27-,28+,29-,30+,31+,32-,33-,34-,35-,36-,37+,38-,39+,40+,41+,42-,43+,44+,45-/m1/s1. The van der Waals surface area contributed by atoms with Gasteiger partial charge >= 0.3 is 0 Å². The van der Waals surface area contributed by atoms with Gasteiger partial charge in [0.15, 0.2) is 24.7 Å². The summed E-state index contributed by atoms with van der Waals surface area (Å²) in [5.41, 5.74) is 1.15. The maximum absolute atomic E-state index is 11.6. The van der Waals surface area contributed by atoms with Crippen LogP contribution in [0.25, 0.3) is 0 Å². The van der Waals surface area contributed by atoms with Crippen molar-refractivity contribution in [3.05, 3.63) is 11.6 Å². The molecule has 0 bridgehead atoms. The molecular weight excluding hydrogens is 828 g/mol. The molecule has 0 unspecified atom stereocenters. The minimum absolute atomic E-state index is 0.0240. The number of hydrogen-bond donors (Lipinski definition) is 10. The van der Waals surface area contributed by atoms with E-state index in [1.807, 2.05) is 6.92 Å². The molecule has 18 nitrogen and oxygen atoms in total. The van der Waals surface area contributed by atoms with Crippen LogP contribution in [0.1, 0.15) is 86.5 Å². The molecule has 18 heteroatoms. The highest BCUT2D eigenvalue weighted by molar-refractivity contribution is 5.27. The van der Waals surface area contributed by atoms with Crippen LogP contribution in [-0.2, 0) is 37.9 Å². The summed E-state index contributed by atoms with van der Waals surface area (Å²) in [5.74, 6) is -0.0389. The van der Waals surface area contributed by atoms with Gasteiger partial charge in [0.2, 0.25) is 0 Å². The summed E-state index contributed by atoms with van der Waals surface area (Å²) >= 11 is 0. The van der Waals surface area contributed by atoms with E-state index >= 15 is 0 Å². The third kappa shape index (κ3) is 7.44. The summed E-state index contributed by atoms with van der Waals surface area (Å²) < 4.78 is 50.0. The van der Waals surface area contributed by atoms with Crippen LogP contribution < -0.4 is 0 Å². The molecule has 8 fully saturated rings. The molecule has 10 N–H and O–H groups in total. The van der Waals surface area contributed by atoms with E-state index in [9.17, 15) is 51.1 Å². The zero-order valence-electron chi connectivity index (χ0n) is 37.1. The molecule has 0 aromatic carbocycles. The van der Waals surface area contributed by atoms with Gasteiger partial charge in [-0.1, -0.05) is 39.3 Å². The van der Waals surface area contributed by atoms with E-state index in [-0.39, 0.29) is 34.7 Å². The summed E-state index contributed by atoms with van der Waals surface area (Å²) in [6.07, 6.45) is -16.3. The Morgan fingerprint density at radius 1 is 0.683 bits per heavy atom. The summed E-state index contributed by atoms with van der Waals surface area (Å²) in [7, 11) is 0. The molecule has 5 aliphatic heterocycles. The van der Waals surface area contributed by atoms with Crippen LogP contribution in [0.5, 0.6) is 0 Å². The molecule has 0 radical (unpaired) electrons. The second kappa shape index (κ2) is 17.2. The summed E-state index contributed by atoms with van der Waals surface area (Å²) in [6, 6.07) is 0. The Morgan fingerprint density at radius 2 is 1.32 bits per heavy atom. The second-order valence-electron chi connectivity index (χ2n) is 21.2. The van der Waals surface area contributed by atoms with E-state index in [0.29, 0.717) is 37.2 Å². The van der Waals surface area contributed by atoms with Gasteiger partial charge in [-0.3, -0.25) is 0 Å². The monoisotopic (exact) mass is 900 g/mol. The predicted molar refractivity (Wildman–Crippen MR) is 216 cm³/mol. The molecule has 5 heterocycles. The summed E-state index contributed by atoms with van der Waals surface area (Å²) in [6.45, 7) is 11.4. The van der Waals surface area contributed by atoms with Crippen molar-refractivity contribution in [1.29, 1.82) is 0 Å². The quantitative estimate of drug-likeness (QED) is 0.140. The van der Waals surface area contributed by atoms with Gasteiger partial charge in [0.1, 0.15) is 67.1 Å². The third-order valence-electron chi connectivity index (χ3n) is 17.9. The van der Waals surface area contributed by atoms with Crippen LogP contribution in [-0.4, -0.2) is 187 Å².